The molecular weight excluding hydrogens is 374 g/mol. The Morgan fingerprint density at radius 3 is 2.68 bits per heavy atom. The van der Waals surface area contributed by atoms with Crippen LogP contribution in [0.1, 0.15) is 11.1 Å². The summed E-state index contributed by atoms with van der Waals surface area (Å²) in [6, 6.07) is 15.3. The van der Waals surface area contributed by atoms with E-state index in [4.69, 9.17) is 4.74 Å². The topological polar surface area (TPSA) is 73.2 Å². The number of rotatable bonds is 8. The second kappa shape index (κ2) is 9.52. The van der Waals surface area contributed by atoms with E-state index in [0.717, 1.165) is 5.56 Å². The fourth-order valence-electron chi connectivity index (χ4n) is 2.73. The van der Waals surface area contributed by atoms with Crippen molar-refractivity contribution in [1.29, 1.82) is 0 Å². The number of nitrogens with zero attached hydrogens (tertiary/aromatic N) is 2. The van der Waals surface area contributed by atoms with E-state index in [2.05, 4.69) is 10.3 Å². The van der Waals surface area contributed by atoms with Gasteiger partial charge in [0.1, 0.15) is 0 Å². The number of carbonyl (C=O) groups is 1. The molecule has 1 N–H and O–H groups in total. The molecule has 0 aliphatic rings. The van der Waals surface area contributed by atoms with Crippen molar-refractivity contribution in [3.05, 3.63) is 70.0 Å². The Labute approximate surface area is 167 Å². The number of benzene rings is 2. The molecule has 0 fully saturated rings. The molecule has 0 radical (unpaired) electrons. The van der Waals surface area contributed by atoms with Gasteiger partial charge in [-0.05, 0) is 24.6 Å². The molecule has 2 aromatic carbocycles. The van der Waals surface area contributed by atoms with Gasteiger partial charge in [0.2, 0.25) is 5.91 Å². The number of ether oxygens (including phenoxy) is 1. The summed E-state index contributed by atoms with van der Waals surface area (Å²) in [6.07, 6.45) is 0. The first kappa shape index (κ1) is 20.1. The van der Waals surface area contributed by atoms with Crippen molar-refractivity contribution < 1.29 is 9.53 Å². The van der Waals surface area contributed by atoms with E-state index < -0.39 is 0 Å². The first-order valence-electron chi connectivity index (χ1n) is 9.02. The highest BCUT2D eigenvalue weighted by Gasteiger charge is 2.13. The third kappa shape index (κ3) is 4.99. The van der Waals surface area contributed by atoms with Crippen LogP contribution in [-0.2, 0) is 22.6 Å². The van der Waals surface area contributed by atoms with E-state index in [1.54, 1.807) is 23.8 Å². The first-order chi connectivity index (χ1) is 13.6. The Balaban J connectivity index is 1.70. The zero-order valence-corrected chi connectivity index (χ0v) is 16.8. The fraction of sp³-hybridized carbons (Fsp3) is 0.286. The summed E-state index contributed by atoms with van der Waals surface area (Å²) in [5.41, 5.74) is 2.74. The van der Waals surface area contributed by atoms with Crippen LogP contribution in [0.4, 0.5) is 0 Å². The van der Waals surface area contributed by atoms with Crippen molar-refractivity contribution in [2.24, 2.45) is 0 Å². The van der Waals surface area contributed by atoms with Gasteiger partial charge in [0.25, 0.3) is 5.56 Å². The number of aromatic nitrogens is 2. The lowest BCUT2D eigenvalue weighted by Crippen LogP contribution is -2.27. The summed E-state index contributed by atoms with van der Waals surface area (Å²) in [7, 11) is 1.59. The Hall–Kier alpha value is -2.64. The molecule has 0 atom stereocenters. The second-order valence-electron chi connectivity index (χ2n) is 6.41. The van der Waals surface area contributed by atoms with E-state index in [9.17, 15) is 9.59 Å². The molecule has 7 heteroatoms. The van der Waals surface area contributed by atoms with Crippen LogP contribution in [0.5, 0.6) is 0 Å². The maximum atomic E-state index is 12.8. The molecule has 1 amide bonds. The highest BCUT2D eigenvalue weighted by atomic mass is 32.2. The summed E-state index contributed by atoms with van der Waals surface area (Å²) in [5.74, 6) is 0.0788. The van der Waals surface area contributed by atoms with Crippen molar-refractivity contribution >= 4 is 28.6 Å². The molecule has 0 saturated heterocycles. The molecule has 0 spiro atoms. The lowest BCUT2D eigenvalue weighted by atomic mass is 10.1. The highest BCUT2D eigenvalue weighted by Crippen LogP contribution is 2.17. The summed E-state index contributed by atoms with van der Waals surface area (Å²) in [5, 5.41) is 3.98. The number of hydrogen-bond donors (Lipinski definition) is 1. The number of aryl methyl sites for hydroxylation is 1. The standard InChI is InChI=1S/C21H23N3O3S/c1-15-7-9-16(10-8-15)13-22-19(25)14-28-21-23-18-6-4-3-5-17(18)20(26)24(21)11-12-27-2/h3-10H,11-14H2,1-2H3,(H,22,25). The molecule has 0 unspecified atom stereocenters. The van der Waals surface area contributed by atoms with Gasteiger partial charge in [-0.3, -0.25) is 14.2 Å². The summed E-state index contributed by atoms with van der Waals surface area (Å²) < 4.78 is 6.69. The lowest BCUT2D eigenvalue weighted by Gasteiger charge is -2.12. The van der Waals surface area contributed by atoms with Crippen LogP contribution < -0.4 is 10.9 Å². The molecule has 1 heterocycles. The number of methoxy groups -OCH3 is 1. The Morgan fingerprint density at radius 1 is 1.18 bits per heavy atom. The van der Waals surface area contributed by atoms with Crippen molar-refractivity contribution in [2.45, 2.75) is 25.2 Å². The minimum atomic E-state index is -0.120. The largest absolute Gasteiger partial charge is 0.383 e. The SMILES string of the molecule is COCCn1c(SCC(=O)NCc2ccc(C)cc2)nc2ccccc2c1=O. The molecule has 0 aliphatic heterocycles. The van der Waals surface area contributed by atoms with Gasteiger partial charge in [-0.2, -0.15) is 0 Å². The summed E-state index contributed by atoms with van der Waals surface area (Å²) in [6.45, 7) is 3.29. The lowest BCUT2D eigenvalue weighted by molar-refractivity contribution is -0.118. The molecule has 0 aliphatic carbocycles. The van der Waals surface area contributed by atoms with Crippen molar-refractivity contribution in [3.63, 3.8) is 0 Å². The molecule has 28 heavy (non-hydrogen) atoms. The monoisotopic (exact) mass is 397 g/mol. The Morgan fingerprint density at radius 2 is 1.93 bits per heavy atom. The molecule has 0 bridgehead atoms. The maximum Gasteiger partial charge on any atom is 0.262 e. The smallest absolute Gasteiger partial charge is 0.262 e. The number of carbonyl (C=O) groups excluding carboxylic acids is 1. The quantitative estimate of drug-likeness (QED) is 0.467. The normalized spacial score (nSPS) is 10.9. The molecule has 3 aromatic rings. The minimum absolute atomic E-state index is 0.105. The average molecular weight is 398 g/mol. The Bertz CT molecular complexity index is 1020. The second-order valence-corrected chi connectivity index (χ2v) is 7.35. The minimum Gasteiger partial charge on any atom is -0.383 e. The van der Waals surface area contributed by atoms with Crippen molar-refractivity contribution in [1.82, 2.24) is 14.9 Å². The van der Waals surface area contributed by atoms with Gasteiger partial charge < -0.3 is 10.1 Å². The number of nitrogens with one attached hydrogen (secondary N) is 1. The van der Waals surface area contributed by atoms with Crippen LogP contribution >= 0.6 is 11.8 Å². The van der Waals surface area contributed by atoms with Crippen LogP contribution in [0.2, 0.25) is 0 Å². The highest BCUT2D eigenvalue weighted by molar-refractivity contribution is 7.99. The van der Waals surface area contributed by atoms with Crippen LogP contribution in [-0.4, -0.2) is 34.9 Å². The van der Waals surface area contributed by atoms with Gasteiger partial charge in [0, 0.05) is 13.7 Å². The van der Waals surface area contributed by atoms with Gasteiger partial charge in [-0.1, -0.05) is 53.7 Å². The fourth-order valence-corrected chi connectivity index (χ4v) is 3.58. The molecule has 146 valence electrons. The number of para-hydroxylation sites is 1. The first-order valence-corrected chi connectivity index (χ1v) is 10.0. The molecular formula is C21H23N3O3S. The van der Waals surface area contributed by atoms with Crippen LogP contribution in [0.25, 0.3) is 10.9 Å². The summed E-state index contributed by atoms with van der Waals surface area (Å²) in [4.78, 5) is 29.6. The predicted molar refractivity (Wildman–Crippen MR) is 112 cm³/mol. The Kier molecular flexibility index (Phi) is 6.84. The molecule has 6 nitrogen and oxygen atoms in total. The van der Waals surface area contributed by atoms with E-state index in [-0.39, 0.29) is 17.2 Å². The van der Waals surface area contributed by atoms with Crippen LogP contribution in [0.3, 0.4) is 0 Å². The van der Waals surface area contributed by atoms with E-state index >= 15 is 0 Å². The molecule has 1 aromatic heterocycles. The van der Waals surface area contributed by atoms with Crippen molar-refractivity contribution in [3.8, 4) is 0 Å². The predicted octanol–water partition coefficient (Wildman–Crippen LogP) is 2.76. The van der Waals surface area contributed by atoms with E-state index in [1.807, 2.05) is 43.3 Å². The molecule has 0 saturated carbocycles. The van der Waals surface area contributed by atoms with E-state index in [0.29, 0.717) is 35.8 Å². The van der Waals surface area contributed by atoms with Gasteiger partial charge in [0.15, 0.2) is 5.16 Å². The number of fused-ring (bicyclic) bond motifs is 1. The van der Waals surface area contributed by atoms with Crippen LogP contribution in [0, 0.1) is 6.92 Å². The van der Waals surface area contributed by atoms with Gasteiger partial charge in [-0.15, -0.1) is 0 Å². The number of thioether (sulfide) groups is 1. The third-order valence-corrected chi connectivity index (χ3v) is 5.26. The van der Waals surface area contributed by atoms with Gasteiger partial charge in [-0.25, -0.2) is 4.98 Å². The third-order valence-electron chi connectivity index (χ3n) is 4.29. The number of amides is 1. The number of hydrogen-bond acceptors (Lipinski definition) is 5. The van der Waals surface area contributed by atoms with E-state index in [1.165, 1.54) is 17.3 Å². The zero-order chi connectivity index (χ0) is 19.9. The van der Waals surface area contributed by atoms with Gasteiger partial charge in [0.05, 0.1) is 29.8 Å². The molecule has 3 rings (SSSR count). The summed E-state index contributed by atoms with van der Waals surface area (Å²) >= 11 is 1.26. The van der Waals surface area contributed by atoms with Crippen molar-refractivity contribution in [2.75, 3.05) is 19.5 Å². The average Bonchev–Trinajstić information content (AvgIpc) is 2.71. The zero-order valence-electron chi connectivity index (χ0n) is 16.0. The van der Waals surface area contributed by atoms with Crippen LogP contribution in [0.15, 0.2) is 58.5 Å². The van der Waals surface area contributed by atoms with Gasteiger partial charge >= 0.3 is 0 Å². The maximum absolute atomic E-state index is 12.8.